The van der Waals surface area contributed by atoms with E-state index >= 15 is 0 Å². The number of hydrogen-bond donors (Lipinski definition) is 0. The van der Waals surface area contributed by atoms with Gasteiger partial charge in [-0.1, -0.05) is 221 Å². The van der Waals surface area contributed by atoms with Crippen molar-refractivity contribution in [2.24, 2.45) is 0 Å². The molecule has 0 heterocycles. The van der Waals surface area contributed by atoms with Gasteiger partial charge in [-0.15, -0.1) is 0 Å². The van der Waals surface area contributed by atoms with Crippen LogP contribution < -0.4 is 0 Å². The summed E-state index contributed by atoms with van der Waals surface area (Å²) in [4.78, 5) is 38.1. The van der Waals surface area contributed by atoms with E-state index in [4.69, 9.17) is 14.2 Å². The van der Waals surface area contributed by atoms with E-state index in [2.05, 4.69) is 118 Å². The molecule has 0 saturated carbocycles. The van der Waals surface area contributed by atoms with Gasteiger partial charge in [-0.25, -0.2) is 0 Å². The highest BCUT2D eigenvalue weighted by molar-refractivity contribution is 5.71. The summed E-state index contributed by atoms with van der Waals surface area (Å²) in [7, 11) is 0. The van der Waals surface area contributed by atoms with Crippen molar-refractivity contribution in [3.63, 3.8) is 0 Å². The fourth-order valence-electron chi connectivity index (χ4n) is 7.57. The Morgan fingerprint density at radius 3 is 1.01 bits per heavy atom. The van der Waals surface area contributed by atoms with E-state index in [1.54, 1.807) is 0 Å². The van der Waals surface area contributed by atoms with E-state index in [1.165, 1.54) is 89.9 Å². The first-order valence-electron chi connectivity index (χ1n) is 28.3. The summed E-state index contributed by atoms with van der Waals surface area (Å²) < 4.78 is 16.8. The molecule has 0 N–H and O–H groups in total. The second-order valence-electron chi connectivity index (χ2n) is 18.5. The monoisotopic (exact) mass is 945 g/mol. The Morgan fingerprint density at radius 1 is 0.324 bits per heavy atom. The maximum absolute atomic E-state index is 12.8. The number of esters is 3. The van der Waals surface area contributed by atoms with Crippen molar-refractivity contribution in [3.8, 4) is 0 Å². The minimum Gasteiger partial charge on any atom is -0.462 e. The molecule has 0 radical (unpaired) electrons. The van der Waals surface area contributed by atoms with E-state index < -0.39 is 6.10 Å². The summed E-state index contributed by atoms with van der Waals surface area (Å²) in [5, 5.41) is 0. The van der Waals surface area contributed by atoms with Crippen molar-refractivity contribution >= 4 is 17.9 Å². The number of allylic oxidation sites excluding steroid dienone is 16. The molecule has 0 aromatic carbocycles. The van der Waals surface area contributed by atoms with Gasteiger partial charge in [-0.2, -0.15) is 0 Å². The first-order valence-corrected chi connectivity index (χ1v) is 28.3. The predicted octanol–water partition coefficient (Wildman–Crippen LogP) is 18.9. The molecule has 0 rings (SSSR count). The molecular weight excluding hydrogens is 841 g/mol. The zero-order chi connectivity index (χ0) is 49.3. The van der Waals surface area contributed by atoms with E-state index in [0.717, 1.165) is 128 Å². The quantitative estimate of drug-likeness (QED) is 0.0199. The number of ether oxygens (including phenoxy) is 3. The van der Waals surface area contributed by atoms with E-state index in [0.29, 0.717) is 19.3 Å². The van der Waals surface area contributed by atoms with Gasteiger partial charge in [0.15, 0.2) is 6.10 Å². The Labute approximate surface area is 419 Å². The normalized spacial score (nSPS) is 12.8. The molecule has 388 valence electrons. The van der Waals surface area contributed by atoms with Gasteiger partial charge in [0.2, 0.25) is 0 Å². The molecule has 1 unspecified atom stereocenters. The summed E-state index contributed by atoms with van der Waals surface area (Å²) >= 11 is 0. The largest absolute Gasteiger partial charge is 0.462 e. The van der Waals surface area contributed by atoms with Crippen LogP contribution in [0.2, 0.25) is 0 Å². The molecule has 0 aliphatic carbocycles. The SMILES string of the molecule is CC/C=C\C/C=C\C/C=C\C/C=C\C/C=C\CCCCCC(=O)OCC(COC(=O)CCCCC/C=C\CCCCCCCC)OC(=O)CCCCCCC/C=C\C=C/CCCCCCCCC. The number of carbonyl (C=O) groups excluding carboxylic acids is 3. The molecule has 0 bridgehead atoms. The molecule has 0 aliphatic rings. The molecular formula is C62H104O6. The lowest BCUT2D eigenvalue weighted by Gasteiger charge is -2.18. The maximum atomic E-state index is 12.8. The minimum absolute atomic E-state index is 0.103. The molecule has 0 aromatic rings. The Balaban J connectivity index is 4.49. The first kappa shape index (κ1) is 64.3. The van der Waals surface area contributed by atoms with Crippen molar-refractivity contribution in [1.29, 1.82) is 0 Å². The molecule has 0 amide bonds. The lowest BCUT2D eigenvalue weighted by molar-refractivity contribution is -0.167. The van der Waals surface area contributed by atoms with Gasteiger partial charge in [0.05, 0.1) is 0 Å². The van der Waals surface area contributed by atoms with Crippen molar-refractivity contribution in [2.75, 3.05) is 13.2 Å². The summed E-state index contributed by atoms with van der Waals surface area (Å²) in [6.45, 7) is 6.46. The van der Waals surface area contributed by atoms with Crippen molar-refractivity contribution < 1.29 is 28.6 Å². The third-order valence-corrected chi connectivity index (χ3v) is 11.8. The average Bonchev–Trinajstić information content (AvgIpc) is 3.34. The minimum atomic E-state index is -0.807. The van der Waals surface area contributed by atoms with Crippen LogP contribution in [0.5, 0.6) is 0 Å². The Morgan fingerprint density at radius 2 is 0.618 bits per heavy atom. The highest BCUT2D eigenvalue weighted by atomic mass is 16.6. The van der Waals surface area contributed by atoms with Crippen molar-refractivity contribution in [1.82, 2.24) is 0 Å². The molecule has 1 atom stereocenters. The van der Waals surface area contributed by atoms with Crippen LogP contribution in [0.25, 0.3) is 0 Å². The zero-order valence-corrected chi connectivity index (χ0v) is 44.3. The molecule has 6 heteroatoms. The van der Waals surface area contributed by atoms with Crippen LogP contribution in [0, 0.1) is 0 Å². The van der Waals surface area contributed by atoms with Gasteiger partial charge in [-0.05, 0) is 116 Å². The van der Waals surface area contributed by atoms with Crippen molar-refractivity contribution in [2.45, 2.75) is 264 Å². The van der Waals surface area contributed by atoms with Crippen molar-refractivity contribution in [3.05, 3.63) is 97.2 Å². The topological polar surface area (TPSA) is 78.9 Å². The van der Waals surface area contributed by atoms with Crippen LogP contribution in [-0.4, -0.2) is 37.2 Å². The smallest absolute Gasteiger partial charge is 0.306 e. The van der Waals surface area contributed by atoms with E-state index in [-0.39, 0.29) is 31.1 Å². The zero-order valence-electron chi connectivity index (χ0n) is 44.3. The summed E-state index contributed by atoms with van der Waals surface area (Å²) in [5.74, 6) is -0.964. The third kappa shape index (κ3) is 53.3. The molecule has 6 nitrogen and oxygen atoms in total. The van der Waals surface area contributed by atoms with Crippen LogP contribution >= 0.6 is 0 Å². The Bertz CT molecular complexity index is 1360. The van der Waals surface area contributed by atoms with Crippen LogP contribution in [0.15, 0.2) is 97.2 Å². The molecule has 0 spiro atoms. The summed E-state index contributed by atoms with van der Waals surface area (Å²) in [6.07, 6.45) is 73.9. The Hall–Kier alpha value is -3.67. The van der Waals surface area contributed by atoms with Crippen LogP contribution in [0.1, 0.15) is 258 Å². The van der Waals surface area contributed by atoms with Gasteiger partial charge >= 0.3 is 17.9 Å². The Kier molecular flexibility index (Phi) is 52.9. The highest BCUT2D eigenvalue weighted by Gasteiger charge is 2.19. The van der Waals surface area contributed by atoms with Crippen LogP contribution in [-0.2, 0) is 28.6 Å². The number of rotatable bonds is 50. The predicted molar refractivity (Wildman–Crippen MR) is 293 cm³/mol. The fourth-order valence-corrected chi connectivity index (χ4v) is 7.57. The number of unbranched alkanes of at least 4 members (excludes halogenated alkanes) is 24. The van der Waals surface area contributed by atoms with Crippen LogP contribution in [0.4, 0.5) is 0 Å². The second kappa shape index (κ2) is 55.9. The lowest BCUT2D eigenvalue weighted by atomic mass is 10.1. The first-order chi connectivity index (χ1) is 33.5. The third-order valence-electron chi connectivity index (χ3n) is 11.8. The fraction of sp³-hybridized carbons (Fsp3) is 0.694. The molecule has 68 heavy (non-hydrogen) atoms. The van der Waals surface area contributed by atoms with E-state index in [1.807, 2.05) is 0 Å². The number of hydrogen-bond acceptors (Lipinski definition) is 6. The van der Waals surface area contributed by atoms with Gasteiger partial charge in [-0.3, -0.25) is 14.4 Å². The van der Waals surface area contributed by atoms with E-state index in [9.17, 15) is 14.4 Å². The number of carbonyl (C=O) groups is 3. The van der Waals surface area contributed by atoms with Gasteiger partial charge < -0.3 is 14.2 Å². The molecule has 0 aromatic heterocycles. The summed E-state index contributed by atoms with van der Waals surface area (Å²) in [5.41, 5.74) is 0. The summed E-state index contributed by atoms with van der Waals surface area (Å²) in [6, 6.07) is 0. The molecule has 0 saturated heterocycles. The molecule has 0 fully saturated rings. The lowest BCUT2D eigenvalue weighted by Crippen LogP contribution is -2.30. The van der Waals surface area contributed by atoms with Gasteiger partial charge in [0, 0.05) is 19.3 Å². The standard InChI is InChI=1S/C62H104O6/c1-4-7-10-13-16-19-22-25-27-29-31-33-34-37-40-43-46-49-52-55-61(64)67-58-59(57-66-60(63)54-51-48-45-42-39-36-24-21-18-15-12-9-6-3)68-62(65)56-53-50-47-44-41-38-35-32-30-28-26-23-20-17-14-11-8-5-2/h7,10,16,19,25,27-28,30-33,35-37,39-40,59H,4-6,8-9,11-15,17-18,20-24,26,29,34,38,41-58H2,1-3H3/b10-7-,19-16-,27-25-,30-28-,33-31-,35-32-,39-36-,40-37-. The van der Waals surface area contributed by atoms with Crippen LogP contribution in [0.3, 0.4) is 0 Å². The molecule has 0 aliphatic heterocycles. The van der Waals surface area contributed by atoms with Gasteiger partial charge in [0.25, 0.3) is 0 Å². The maximum Gasteiger partial charge on any atom is 0.306 e. The highest BCUT2D eigenvalue weighted by Crippen LogP contribution is 2.13. The second-order valence-corrected chi connectivity index (χ2v) is 18.5. The van der Waals surface area contributed by atoms with Gasteiger partial charge in [0.1, 0.15) is 13.2 Å². The average molecular weight is 946 g/mol.